The van der Waals surface area contributed by atoms with Gasteiger partial charge in [0.1, 0.15) is 0 Å². The summed E-state index contributed by atoms with van der Waals surface area (Å²) < 4.78 is 0. The SMILES string of the molecule is CC1(C)CCN(c2cc(N)cc([N+](=O)[O-])c2)C1. The summed E-state index contributed by atoms with van der Waals surface area (Å²) in [7, 11) is 0. The van der Waals surface area contributed by atoms with Crippen LogP contribution in [0.2, 0.25) is 0 Å². The Balaban J connectivity index is 2.30. The Morgan fingerprint density at radius 3 is 2.65 bits per heavy atom. The van der Waals surface area contributed by atoms with Crippen LogP contribution in [0.4, 0.5) is 17.1 Å². The van der Waals surface area contributed by atoms with E-state index < -0.39 is 4.92 Å². The van der Waals surface area contributed by atoms with Gasteiger partial charge in [0, 0.05) is 36.6 Å². The second-order valence-electron chi connectivity index (χ2n) is 5.38. The molecule has 1 aliphatic heterocycles. The lowest BCUT2D eigenvalue weighted by molar-refractivity contribution is -0.384. The molecule has 0 radical (unpaired) electrons. The van der Waals surface area contributed by atoms with Crippen molar-refractivity contribution in [2.24, 2.45) is 5.41 Å². The van der Waals surface area contributed by atoms with Crippen molar-refractivity contribution in [3.05, 3.63) is 28.3 Å². The lowest BCUT2D eigenvalue weighted by atomic mass is 9.93. The van der Waals surface area contributed by atoms with E-state index >= 15 is 0 Å². The smallest absolute Gasteiger partial charge is 0.273 e. The minimum atomic E-state index is -0.402. The second kappa shape index (κ2) is 3.91. The molecule has 1 fully saturated rings. The normalized spacial score (nSPS) is 18.4. The molecule has 5 nitrogen and oxygen atoms in total. The third kappa shape index (κ3) is 2.49. The van der Waals surface area contributed by atoms with Crippen LogP contribution in [0.25, 0.3) is 0 Å². The Kier molecular flexibility index (Phi) is 2.69. The molecule has 1 aromatic rings. The largest absolute Gasteiger partial charge is 0.398 e. The molecule has 1 heterocycles. The van der Waals surface area contributed by atoms with E-state index in [1.807, 2.05) is 0 Å². The molecule has 0 spiro atoms. The molecule has 17 heavy (non-hydrogen) atoms. The topological polar surface area (TPSA) is 72.4 Å². The number of nitrogen functional groups attached to an aromatic ring is 1. The fraction of sp³-hybridized carbons (Fsp3) is 0.500. The molecule has 0 aliphatic carbocycles. The molecular formula is C12H17N3O2. The Hall–Kier alpha value is -1.78. The predicted molar refractivity (Wildman–Crippen MR) is 68.1 cm³/mol. The summed E-state index contributed by atoms with van der Waals surface area (Å²) in [5, 5.41) is 10.8. The summed E-state index contributed by atoms with van der Waals surface area (Å²) in [5.41, 5.74) is 7.32. The van der Waals surface area contributed by atoms with Crippen molar-refractivity contribution in [2.75, 3.05) is 23.7 Å². The highest BCUT2D eigenvalue weighted by atomic mass is 16.6. The van der Waals surface area contributed by atoms with Gasteiger partial charge in [0.05, 0.1) is 4.92 Å². The van der Waals surface area contributed by atoms with Gasteiger partial charge < -0.3 is 10.6 Å². The Labute approximate surface area is 100 Å². The van der Waals surface area contributed by atoms with Crippen LogP contribution in [-0.2, 0) is 0 Å². The first kappa shape index (κ1) is 11.7. The van der Waals surface area contributed by atoms with E-state index in [0.29, 0.717) is 5.69 Å². The average Bonchev–Trinajstić information content (AvgIpc) is 2.58. The van der Waals surface area contributed by atoms with Gasteiger partial charge >= 0.3 is 0 Å². The van der Waals surface area contributed by atoms with Crippen LogP contribution in [-0.4, -0.2) is 18.0 Å². The number of anilines is 2. The monoisotopic (exact) mass is 235 g/mol. The molecule has 0 unspecified atom stereocenters. The van der Waals surface area contributed by atoms with Crippen molar-refractivity contribution in [3.63, 3.8) is 0 Å². The van der Waals surface area contributed by atoms with Crippen LogP contribution in [0.15, 0.2) is 18.2 Å². The van der Waals surface area contributed by atoms with Crippen LogP contribution in [0.3, 0.4) is 0 Å². The van der Waals surface area contributed by atoms with E-state index in [0.717, 1.165) is 25.2 Å². The lowest BCUT2D eigenvalue weighted by Crippen LogP contribution is -2.22. The van der Waals surface area contributed by atoms with Gasteiger partial charge in [-0.3, -0.25) is 10.1 Å². The van der Waals surface area contributed by atoms with Gasteiger partial charge in [-0.15, -0.1) is 0 Å². The van der Waals surface area contributed by atoms with E-state index in [1.165, 1.54) is 6.07 Å². The second-order valence-corrected chi connectivity index (χ2v) is 5.38. The van der Waals surface area contributed by atoms with Crippen LogP contribution in [0.1, 0.15) is 20.3 Å². The van der Waals surface area contributed by atoms with Crippen LogP contribution in [0.5, 0.6) is 0 Å². The Bertz CT molecular complexity index is 457. The average molecular weight is 235 g/mol. The highest BCUT2D eigenvalue weighted by Gasteiger charge is 2.29. The predicted octanol–water partition coefficient (Wildman–Crippen LogP) is 2.41. The van der Waals surface area contributed by atoms with Gasteiger partial charge in [0.2, 0.25) is 0 Å². The molecular weight excluding hydrogens is 218 g/mol. The fourth-order valence-electron chi connectivity index (χ4n) is 2.24. The number of hydrogen-bond acceptors (Lipinski definition) is 4. The third-order valence-corrected chi connectivity index (χ3v) is 3.18. The first-order valence-corrected chi connectivity index (χ1v) is 5.67. The van der Waals surface area contributed by atoms with Gasteiger partial charge in [0.25, 0.3) is 5.69 Å². The van der Waals surface area contributed by atoms with Gasteiger partial charge in [-0.05, 0) is 17.9 Å². The van der Waals surface area contributed by atoms with Crippen molar-refractivity contribution < 1.29 is 4.92 Å². The molecule has 0 atom stereocenters. The highest BCUT2D eigenvalue weighted by Crippen LogP contribution is 2.34. The molecule has 0 saturated carbocycles. The maximum absolute atomic E-state index is 10.8. The van der Waals surface area contributed by atoms with Crippen molar-refractivity contribution in [3.8, 4) is 0 Å². The van der Waals surface area contributed by atoms with Crippen LogP contribution < -0.4 is 10.6 Å². The van der Waals surface area contributed by atoms with Crippen molar-refractivity contribution in [1.29, 1.82) is 0 Å². The van der Waals surface area contributed by atoms with E-state index in [2.05, 4.69) is 18.7 Å². The Morgan fingerprint density at radius 1 is 1.41 bits per heavy atom. The third-order valence-electron chi connectivity index (χ3n) is 3.18. The lowest BCUT2D eigenvalue weighted by Gasteiger charge is -2.21. The minimum absolute atomic E-state index is 0.0599. The Morgan fingerprint density at radius 2 is 2.12 bits per heavy atom. The summed E-state index contributed by atoms with van der Waals surface area (Å²) in [6, 6.07) is 4.79. The molecule has 2 N–H and O–H groups in total. The number of non-ortho nitro benzene ring substituents is 1. The minimum Gasteiger partial charge on any atom is -0.398 e. The van der Waals surface area contributed by atoms with Gasteiger partial charge in [0.15, 0.2) is 0 Å². The summed E-state index contributed by atoms with van der Waals surface area (Å²) in [6.07, 6.45) is 1.09. The fourth-order valence-corrected chi connectivity index (χ4v) is 2.24. The van der Waals surface area contributed by atoms with Gasteiger partial charge in [-0.25, -0.2) is 0 Å². The first-order chi connectivity index (χ1) is 7.87. The zero-order valence-corrected chi connectivity index (χ0v) is 10.1. The highest BCUT2D eigenvalue weighted by molar-refractivity contribution is 5.63. The molecule has 1 saturated heterocycles. The maximum atomic E-state index is 10.8. The van der Waals surface area contributed by atoms with Crippen molar-refractivity contribution in [2.45, 2.75) is 20.3 Å². The van der Waals surface area contributed by atoms with E-state index in [4.69, 9.17) is 5.73 Å². The molecule has 1 aliphatic rings. The summed E-state index contributed by atoms with van der Waals surface area (Å²) in [5.74, 6) is 0. The van der Waals surface area contributed by atoms with Crippen molar-refractivity contribution >= 4 is 17.1 Å². The molecule has 0 amide bonds. The number of benzene rings is 1. The number of nitro benzene ring substituents is 1. The quantitative estimate of drug-likeness (QED) is 0.485. The van der Waals surface area contributed by atoms with E-state index in [-0.39, 0.29) is 11.1 Å². The molecule has 5 heteroatoms. The maximum Gasteiger partial charge on any atom is 0.273 e. The summed E-state index contributed by atoms with van der Waals surface area (Å²) in [6.45, 7) is 6.24. The number of nitro groups is 1. The molecule has 0 bridgehead atoms. The van der Waals surface area contributed by atoms with E-state index in [9.17, 15) is 10.1 Å². The number of nitrogens with two attached hydrogens (primary N) is 1. The summed E-state index contributed by atoms with van der Waals surface area (Å²) >= 11 is 0. The zero-order chi connectivity index (χ0) is 12.6. The molecule has 92 valence electrons. The van der Waals surface area contributed by atoms with Crippen LogP contribution in [0, 0.1) is 15.5 Å². The first-order valence-electron chi connectivity index (χ1n) is 5.67. The van der Waals surface area contributed by atoms with Gasteiger partial charge in [-0.1, -0.05) is 13.8 Å². The number of hydrogen-bond donors (Lipinski definition) is 1. The molecule has 0 aromatic heterocycles. The number of rotatable bonds is 2. The standard InChI is InChI=1S/C12H17N3O2/c1-12(2)3-4-14(8-12)10-5-9(13)6-11(7-10)15(16)17/h5-7H,3-4,8,13H2,1-2H3. The molecule has 1 aromatic carbocycles. The van der Waals surface area contributed by atoms with Crippen LogP contribution >= 0.6 is 0 Å². The van der Waals surface area contributed by atoms with Crippen molar-refractivity contribution in [1.82, 2.24) is 0 Å². The molecule has 2 rings (SSSR count). The summed E-state index contributed by atoms with van der Waals surface area (Å²) in [4.78, 5) is 12.5. The van der Waals surface area contributed by atoms with Gasteiger partial charge in [-0.2, -0.15) is 0 Å². The van der Waals surface area contributed by atoms with E-state index in [1.54, 1.807) is 12.1 Å². The number of nitrogens with zero attached hydrogens (tertiary/aromatic N) is 2. The zero-order valence-electron chi connectivity index (χ0n) is 10.1.